The van der Waals surface area contributed by atoms with E-state index in [1.165, 1.54) is 11.3 Å². The van der Waals surface area contributed by atoms with E-state index in [-0.39, 0.29) is 11.9 Å². The van der Waals surface area contributed by atoms with E-state index in [4.69, 9.17) is 4.74 Å². The number of hydrogen-bond donors (Lipinski definition) is 1. The molecule has 122 valence electrons. The Labute approximate surface area is 145 Å². The first-order valence-corrected chi connectivity index (χ1v) is 8.44. The fourth-order valence-corrected chi connectivity index (χ4v) is 3.31. The molecule has 2 heterocycles. The number of benzene rings is 1. The molecule has 0 radical (unpaired) electrons. The molecule has 0 fully saturated rings. The molecule has 1 amide bonds. The number of ether oxygens (including phenoxy) is 1. The van der Waals surface area contributed by atoms with Gasteiger partial charge in [0.2, 0.25) is 0 Å². The number of aromatic nitrogens is 1. The van der Waals surface area contributed by atoms with E-state index in [1.54, 1.807) is 19.5 Å². The molecule has 0 unspecified atom stereocenters. The topological polar surface area (TPSA) is 51.2 Å². The molecular weight excluding hydrogens is 320 g/mol. The van der Waals surface area contributed by atoms with Crippen LogP contribution in [-0.4, -0.2) is 18.0 Å². The zero-order valence-electron chi connectivity index (χ0n) is 13.5. The van der Waals surface area contributed by atoms with Crippen molar-refractivity contribution in [3.63, 3.8) is 0 Å². The van der Waals surface area contributed by atoms with Crippen LogP contribution in [0.25, 0.3) is 10.4 Å². The summed E-state index contributed by atoms with van der Waals surface area (Å²) in [5, 5.41) is 3.03. The first-order valence-electron chi connectivity index (χ1n) is 7.62. The molecule has 0 aliphatic rings. The van der Waals surface area contributed by atoms with Crippen molar-refractivity contribution >= 4 is 17.2 Å². The van der Waals surface area contributed by atoms with E-state index >= 15 is 0 Å². The van der Waals surface area contributed by atoms with E-state index in [0.29, 0.717) is 4.88 Å². The van der Waals surface area contributed by atoms with Crippen LogP contribution in [0.3, 0.4) is 0 Å². The van der Waals surface area contributed by atoms with E-state index in [2.05, 4.69) is 10.3 Å². The highest BCUT2D eigenvalue weighted by atomic mass is 32.1. The van der Waals surface area contributed by atoms with Crippen molar-refractivity contribution in [2.24, 2.45) is 0 Å². The lowest BCUT2D eigenvalue weighted by molar-refractivity contribution is 0.0944. The maximum Gasteiger partial charge on any atom is 0.261 e. The van der Waals surface area contributed by atoms with Gasteiger partial charge in [-0.05, 0) is 54.4 Å². The third-order valence-electron chi connectivity index (χ3n) is 3.74. The van der Waals surface area contributed by atoms with Gasteiger partial charge in [-0.15, -0.1) is 11.3 Å². The van der Waals surface area contributed by atoms with Crippen LogP contribution in [0.1, 0.15) is 28.2 Å². The summed E-state index contributed by atoms with van der Waals surface area (Å²) in [6.07, 6.45) is 3.50. The fourth-order valence-electron chi connectivity index (χ4n) is 2.39. The standard InChI is InChI=1S/C19H18N2O2S/c1-13(15-4-3-5-16(12-15)23-2)21-19(22)18-7-6-17(24-18)14-8-10-20-11-9-14/h3-13H,1-2H3,(H,21,22)/t13-/m0/s1. The summed E-state index contributed by atoms with van der Waals surface area (Å²) >= 11 is 1.47. The highest BCUT2D eigenvalue weighted by Gasteiger charge is 2.14. The second-order valence-corrected chi connectivity index (χ2v) is 6.46. The van der Waals surface area contributed by atoms with Gasteiger partial charge in [-0.3, -0.25) is 9.78 Å². The summed E-state index contributed by atoms with van der Waals surface area (Å²) in [7, 11) is 1.63. The molecule has 24 heavy (non-hydrogen) atoms. The second kappa shape index (κ2) is 7.27. The average molecular weight is 338 g/mol. The third kappa shape index (κ3) is 3.63. The minimum absolute atomic E-state index is 0.0735. The number of thiophene rings is 1. The molecule has 0 spiro atoms. The first kappa shape index (κ1) is 16.2. The van der Waals surface area contributed by atoms with E-state index in [0.717, 1.165) is 21.8 Å². The molecule has 0 bridgehead atoms. The summed E-state index contributed by atoms with van der Waals surface area (Å²) < 4.78 is 5.23. The summed E-state index contributed by atoms with van der Waals surface area (Å²) in [4.78, 5) is 18.2. The molecule has 1 N–H and O–H groups in total. The van der Waals surface area contributed by atoms with Crippen molar-refractivity contribution in [1.82, 2.24) is 10.3 Å². The number of carbonyl (C=O) groups excluding carboxylic acids is 1. The maximum atomic E-state index is 12.5. The SMILES string of the molecule is COc1cccc([C@H](C)NC(=O)c2ccc(-c3ccncc3)s2)c1. The van der Waals surface area contributed by atoms with E-state index in [1.807, 2.05) is 55.5 Å². The van der Waals surface area contributed by atoms with Crippen LogP contribution in [0.15, 0.2) is 60.9 Å². The van der Waals surface area contributed by atoms with Crippen molar-refractivity contribution < 1.29 is 9.53 Å². The normalized spacial score (nSPS) is 11.8. The molecule has 3 rings (SSSR count). The molecular formula is C19H18N2O2S. The molecule has 5 heteroatoms. The quantitative estimate of drug-likeness (QED) is 0.754. The number of amides is 1. The Hall–Kier alpha value is -2.66. The van der Waals surface area contributed by atoms with Gasteiger partial charge in [0.05, 0.1) is 18.0 Å². The number of pyridine rings is 1. The van der Waals surface area contributed by atoms with Gasteiger partial charge in [-0.2, -0.15) is 0 Å². The van der Waals surface area contributed by atoms with Crippen molar-refractivity contribution in [3.8, 4) is 16.2 Å². The Kier molecular flexibility index (Phi) is 4.91. The second-order valence-electron chi connectivity index (χ2n) is 5.37. The van der Waals surface area contributed by atoms with Gasteiger partial charge in [0.15, 0.2) is 0 Å². The number of methoxy groups -OCH3 is 1. The molecule has 2 aromatic heterocycles. The molecule has 0 aliphatic heterocycles. The molecule has 3 aromatic rings. The zero-order chi connectivity index (χ0) is 16.9. The van der Waals surface area contributed by atoms with Crippen molar-refractivity contribution in [2.45, 2.75) is 13.0 Å². The zero-order valence-corrected chi connectivity index (χ0v) is 14.3. The Bertz CT molecular complexity index is 830. The van der Waals surface area contributed by atoms with Crippen molar-refractivity contribution in [3.05, 3.63) is 71.4 Å². The molecule has 0 saturated heterocycles. The van der Waals surface area contributed by atoms with Crippen molar-refractivity contribution in [1.29, 1.82) is 0 Å². The highest BCUT2D eigenvalue weighted by Crippen LogP contribution is 2.28. The largest absolute Gasteiger partial charge is 0.497 e. The third-order valence-corrected chi connectivity index (χ3v) is 4.87. The summed E-state index contributed by atoms with van der Waals surface area (Å²) in [6.45, 7) is 1.96. The predicted octanol–water partition coefficient (Wildman–Crippen LogP) is 4.31. The minimum atomic E-state index is -0.0981. The fraction of sp³-hybridized carbons (Fsp3) is 0.158. The van der Waals surface area contributed by atoms with E-state index in [9.17, 15) is 4.79 Å². The Morgan fingerprint density at radius 3 is 2.71 bits per heavy atom. The van der Waals surface area contributed by atoms with Gasteiger partial charge in [0.25, 0.3) is 5.91 Å². The van der Waals surface area contributed by atoms with Gasteiger partial charge in [-0.25, -0.2) is 0 Å². The number of rotatable bonds is 5. The summed E-state index contributed by atoms with van der Waals surface area (Å²) in [5.41, 5.74) is 2.07. The number of hydrogen-bond acceptors (Lipinski definition) is 4. The smallest absolute Gasteiger partial charge is 0.261 e. The van der Waals surface area contributed by atoms with Crippen LogP contribution in [0.5, 0.6) is 5.75 Å². The lowest BCUT2D eigenvalue weighted by atomic mass is 10.1. The number of nitrogens with zero attached hydrogens (tertiary/aromatic N) is 1. The van der Waals surface area contributed by atoms with Crippen LogP contribution in [0.2, 0.25) is 0 Å². The van der Waals surface area contributed by atoms with Gasteiger partial charge < -0.3 is 10.1 Å². The van der Waals surface area contributed by atoms with Crippen LogP contribution in [0, 0.1) is 0 Å². The number of nitrogens with one attached hydrogen (secondary N) is 1. The number of carbonyl (C=O) groups is 1. The van der Waals surface area contributed by atoms with Crippen LogP contribution < -0.4 is 10.1 Å². The Balaban J connectivity index is 1.72. The Morgan fingerprint density at radius 2 is 1.96 bits per heavy atom. The molecule has 4 nitrogen and oxygen atoms in total. The molecule has 1 aromatic carbocycles. The van der Waals surface area contributed by atoms with E-state index < -0.39 is 0 Å². The van der Waals surface area contributed by atoms with Gasteiger partial charge in [-0.1, -0.05) is 12.1 Å². The lowest BCUT2D eigenvalue weighted by Crippen LogP contribution is -2.25. The maximum absolute atomic E-state index is 12.5. The first-order chi connectivity index (χ1) is 11.7. The highest BCUT2D eigenvalue weighted by molar-refractivity contribution is 7.17. The molecule has 0 aliphatic carbocycles. The average Bonchev–Trinajstić information content (AvgIpc) is 3.13. The van der Waals surface area contributed by atoms with Crippen LogP contribution in [-0.2, 0) is 0 Å². The van der Waals surface area contributed by atoms with Crippen LogP contribution >= 0.6 is 11.3 Å². The Morgan fingerprint density at radius 1 is 1.17 bits per heavy atom. The van der Waals surface area contributed by atoms with Crippen LogP contribution in [0.4, 0.5) is 0 Å². The predicted molar refractivity (Wildman–Crippen MR) is 96.4 cm³/mol. The van der Waals surface area contributed by atoms with Gasteiger partial charge in [0.1, 0.15) is 5.75 Å². The molecule has 1 atom stereocenters. The lowest BCUT2D eigenvalue weighted by Gasteiger charge is -2.14. The molecule has 0 saturated carbocycles. The van der Waals surface area contributed by atoms with Gasteiger partial charge >= 0.3 is 0 Å². The minimum Gasteiger partial charge on any atom is -0.497 e. The summed E-state index contributed by atoms with van der Waals surface area (Å²) in [6, 6.07) is 15.3. The van der Waals surface area contributed by atoms with Crippen molar-refractivity contribution in [2.75, 3.05) is 7.11 Å². The summed E-state index contributed by atoms with van der Waals surface area (Å²) in [5.74, 6) is 0.709. The van der Waals surface area contributed by atoms with Gasteiger partial charge in [0, 0.05) is 17.3 Å². The monoisotopic (exact) mass is 338 g/mol.